The van der Waals surface area contributed by atoms with E-state index in [9.17, 15) is 0 Å². The van der Waals surface area contributed by atoms with Crippen LogP contribution in [0.25, 0.3) is 0 Å². The van der Waals surface area contributed by atoms with Crippen LogP contribution in [-0.4, -0.2) is 19.1 Å². The Balaban J connectivity index is 2.63. The maximum absolute atomic E-state index is 5.91. The molecule has 0 bridgehead atoms. The third-order valence-electron chi connectivity index (χ3n) is 4.33. The zero-order chi connectivity index (χ0) is 11.5. The maximum atomic E-state index is 5.91. The molecule has 0 aromatic heterocycles. The van der Waals surface area contributed by atoms with Crippen molar-refractivity contribution in [2.45, 2.75) is 58.4 Å². The van der Waals surface area contributed by atoms with Crippen molar-refractivity contribution in [3.8, 4) is 0 Å². The molecule has 1 fully saturated rings. The van der Waals surface area contributed by atoms with Crippen LogP contribution in [0.4, 0.5) is 0 Å². The molecule has 1 rings (SSSR count). The van der Waals surface area contributed by atoms with Crippen LogP contribution in [-0.2, 0) is 0 Å². The minimum Gasteiger partial charge on any atom is -0.329 e. The van der Waals surface area contributed by atoms with Gasteiger partial charge < -0.3 is 11.1 Å². The van der Waals surface area contributed by atoms with Gasteiger partial charge in [-0.25, -0.2) is 0 Å². The van der Waals surface area contributed by atoms with Crippen molar-refractivity contribution in [2.75, 3.05) is 13.6 Å². The molecule has 1 aliphatic rings. The highest BCUT2D eigenvalue weighted by molar-refractivity contribution is 4.92. The lowest BCUT2D eigenvalue weighted by atomic mass is 9.76. The van der Waals surface area contributed by atoms with Crippen LogP contribution in [0.2, 0.25) is 0 Å². The molecule has 2 atom stereocenters. The Hall–Kier alpha value is -0.0800. The highest BCUT2D eigenvalue weighted by Crippen LogP contribution is 2.39. The van der Waals surface area contributed by atoms with Crippen LogP contribution in [0.1, 0.15) is 52.9 Å². The highest BCUT2D eigenvalue weighted by Gasteiger charge is 2.34. The van der Waals surface area contributed by atoms with Gasteiger partial charge in [0, 0.05) is 12.1 Å². The summed E-state index contributed by atoms with van der Waals surface area (Å²) in [5, 5.41) is 3.45. The molecule has 0 amide bonds. The van der Waals surface area contributed by atoms with Crippen molar-refractivity contribution in [1.82, 2.24) is 5.32 Å². The fourth-order valence-electron chi connectivity index (χ4n) is 2.83. The molecule has 0 heterocycles. The Kier molecular flexibility index (Phi) is 4.19. The average Bonchev–Trinajstić information content (AvgIpc) is 2.39. The lowest BCUT2D eigenvalue weighted by Gasteiger charge is -2.33. The third kappa shape index (κ3) is 3.18. The number of hydrogen-bond donors (Lipinski definition) is 2. The van der Waals surface area contributed by atoms with Crippen molar-refractivity contribution in [1.29, 1.82) is 0 Å². The van der Waals surface area contributed by atoms with E-state index in [4.69, 9.17) is 5.73 Å². The van der Waals surface area contributed by atoms with E-state index >= 15 is 0 Å². The molecule has 0 aromatic carbocycles. The van der Waals surface area contributed by atoms with Gasteiger partial charge in [0.05, 0.1) is 0 Å². The van der Waals surface area contributed by atoms with Crippen molar-refractivity contribution in [2.24, 2.45) is 17.1 Å². The summed E-state index contributed by atoms with van der Waals surface area (Å²) < 4.78 is 0. The van der Waals surface area contributed by atoms with Gasteiger partial charge in [-0.15, -0.1) is 0 Å². The Labute approximate surface area is 95.0 Å². The standard InChI is InChI=1S/C13H28N2/c1-12(2,3)11-6-5-8-13(10-14,15-4)9-7-11/h11,15H,5-10,14H2,1-4H3. The van der Waals surface area contributed by atoms with E-state index in [1.54, 1.807) is 0 Å². The maximum Gasteiger partial charge on any atom is 0.0301 e. The van der Waals surface area contributed by atoms with Crippen molar-refractivity contribution < 1.29 is 0 Å². The van der Waals surface area contributed by atoms with Gasteiger partial charge in [0.1, 0.15) is 0 Å². The second kappa shape index (κ2) is 4.84. The van der Waals surface area contributed by atoms with Crippen LogP contribution in [0, 0.1) is 11.3 Å². The first-order valence-electron chi connectivity index (χ1n) is 6.32. The van der Waals surface area contributed by atoms with E-state index in [1.165, 1.54) is 32.1 Å². The van der Waals surface area contributed by atoms with Gasteiger partial charge in [-0.1, -0.05) is 27.2 Å². The van der Waals surface area contributed by atoms with E-state index in [2.05, 4.69) is 33.1 Å². The molecule has 0 saturated heterocycles. The third-order valence-corrected chi connectivity index (χ3v) is 4.33. The minimum absolute atomic E-state index is 0.222. The molecule has 0 radical (unpaired) electrons. The molecule has 3 N–H and O–H groups in total. The van der Waals surface area contributed by atoms with Gasteiger partial charge >= 0.3 is 0 Å². The predicted octanol–water partition coefficient (Wildman–Crippen LogP) is 2.53. The summed E-state index contributed by atoms with van der Waals surface area (Å²) in [6.07, 6.45) is 6.49. The second-order valence-electron chi connectivity index (χ2n) is 6.23. The number of likely N-dealkylation sites (N-methyl/N-ethyl adjacent to an activating group) is 1. The smallest absolute Gasteiger partial charge is 0.0301 e. The van der Waals surface area contributed by atoms with Gasteiger partial charge in [0.25, 0.3) is 0 Å². The summed E-state index contributed by atoms with van der Waals surface area (Å²) >= 11 is 0. The summed E-state index contributed by atoms with van der Waals surface area (Å²) in [7, 11) is 2.06. The Morgan fingerprint density at radius 1 is 1.27 bits per heavy atom. The zero-order valence-electron chi connectivity index (χ0n) is 10.9. The monoisotopic (exact) mass is 212 g/mol. The van der Waals surface area contributed by atoms with Gasteiger partial charge in [-0.3, -0.25) is 0 Å². The summed E-state index contributed by atoms with van der Waals surface area (Å²) in [4.78, 5) is 0. The lowest BCUT2D eigenvalue weighted by molar-refractivity contribution is 0.208. The molecule has 15 heavy (non-hydrogen) atoms. The molecule has 90 valence electrons. The first kappa shape index (κ1) is 13.0. The van der Waals surface area contributed by atoms with Gasteiger partial charge in [0.2, 0.25) is 0 Å². The van der Waals surface area contributed by atoms with Crippen LogP contribution < -0.4 is 11.1 Å². The summed E-state index contributed by atoms with van der Waals surface area (Å²) in [5.41, 5.74) is 6.59. The van der Waals surface area contributed by atoms with E-state index < -0.39 is 0 Å². The van der Waals surface area contributed by atoms with Crippen molar-refractivity contribution >= 4 is 0 Å². The van der Waals surface area contributed by atoms with E-state index in [1.807, 2.05) is 0 Å². The van der Waals surface area contributed by atoms with Gasteiger partial charge in [-0.2, -0.15) is 0 Å². The Bertz CT molecular complexity index is 189. The Morgan fingerprint density at radius 2 is 1.93 bits per heavy atom. The molecule has 0 spiro atoms. The fraction of sp³-hybridized carbons (Fsp3) is 1.00. The van der Waals surface area contributed by atoms with E-state index in [0.717, 1.165) is 12.5 Å². The predicted molar refractivity (Wildman–Crippen MR) is 66.9 cm³/mol. The molecule has 0 aliphatic heterocycles. The molecule has 1 saturated carbocycles. The molecule has 2 unspecified atom stereocenters. The highest BCUT2D eigenvalue weighted by atomic mass is 15.0. The normalized spacial score (nSPS) is 33.8. The van der Waals surface area contributed by atoms with E-state index in [-0.39, 0.29) is 5.54 Å². The van der Waals surface area contributed by atoms with E-state index in [0.29, 0.717) is 5.41 Å². The zero-order valence-corrected chi connectivity index (χ0v) is 10.9. The largest absolute Gasteiger partial charge is 0.329 e. The van der Waals surface area contributed by atoms with Crippen LogP contribution in [0.5, 0.6) is 0 Å². The number of nitrogens with two attached hydrogens (primary N) is 1. The lowest BCUT2D eigenvalue weighted by Crippen LogP contribution is -2.49. The number of rotatable bonds is 2. The fourth-order valence-corrected chi connectivity index (χ4v) is 2.83. The topological polar surface area (TPSA) is 38.0 Å². The van der Waals surface area contributed by atoms with Gasteiger partial charge in [-0.05, 0) is 44.1 Å². The molecule has 2 heteroatoms. The van der Waals surface area contributed by atoms with Crippen LogP contribution in [0.3, 0.4) is 0 Å². The number of hydrogen-bond acceptors (Lipinski definition) is 2. The first-order chi connectivity index (χ1) is 6.93. The van der Waals surface area contributed by atoms with Crippen molar-refractivity contribution in [3.05, 3.63) is 0 Å². The second-order valence-corrected chi connectivity index (χ2v) is 6.23. The van der Waals surface area contributed by atoms with Crippen LogP contribution in [0.15, 0.2) is 0 Å². The summed E-state index contributed by atoms with van der Waals surface area (Å²) in [5.74, 6) is 0.860. The molecule has 0 aromatic rings. The summed E-state index contributed by atoms with van der Waals surface area (Å²) in [6, 6.07) is 0. The average molecular weight is 212 g/mol. The first-order valence-corrected chi connectivity index (χ1v) is 6.32. The molecular formula is C13H28N2. The number of nitrogens with one attached hydrogen (secondary N) is 1. The Morgan fingerprint density at radius 3 is 2.40 bits per heavy atom. The van der Waals surface area contributed by atoms with Crippen LogP contribution >= 0.6 is 0 Å². The molecule has 1 aliphatic carbocycles. The SMILES string of the molecule is CNC1(CN)CCCC(C(C)(C)C)CC1. The molecule has 2 nitrogen and oxygen atoms in total. The minimum atomic E-state index is 0.222. The quantitative estimate of drug-likeness (QED) is 0.690. The summed E-state index contributed by atoms with van der Waals surface area (Å²) in [6.45, 7) is 7.88. The molecular weight excluding hydrogens is 184 g/mol. The van der Waals surface area contributed by atoms with Crippen molar-refractivity contribution in [3.63, 3.8) is 0 Å². The van der Waals surface area contributed by atoms with Gasteiger partial charge in [0.15, 0.2) is 0 Å².